The number of tetrazole rings is 1. The zero-order valence-electron chi connectivity index (χ0n) is 19.6. The van der Waals surface area contributed by atoms with Crippen LogP contribution in [0.4, 0.5) is 0 Å². The van der Waals surface area contributed by atoms with Crippen LogP contribution in [0.3, 0.4) is 0 Å². The monoisotopic (exact) mass is 462 g/mol. The number of benzene rings is 1. The van der Waals surface area contributed by atoms with E-state index in [9.17, 15) is 9.59 Å². The van der Waals surface area contributed by atoms with Gasteiger partial charge in [0.05, 0.1) is 12.5 Å². The first kappa shape index (κ1) is 23.5. The van der Waals surface area contributed by atoms with E-state index in [1.54, 1.807) is 10.9 Å². The lowest BCUT2D eigenvalue weighted by atomic mass is 9.82. The van der Waals surface area contributed by atoms with Crippen LogP contribution in [0.2, 0.25) is 0 Å². The molecule has 0 spiro atoms. The summed E-state index contributed by atoms with van der Waals surface area (Å²) in [6.45, 7) is 4.96. The molecule has 0 atom stereocenters. The first-order valence-electron chi connectivity index (χ1n) is 11.8. The maximum Gasteiger partial charge on any atom is 0.306 e. The predicted octanol–water partition coefficient (Wildman–Crippen LogP) is 3.43. The molecule has 1 aliphatic carbocycles. The van der Waals surface area contributed by atoms with Crippen LogP contribution in [0.5, 0.6) is 0 Å². The molecule has 2 aromatic heterocycles. The van der Waals surface area contributed by atoms with Gasteiger partial charge in [-0.05, 0) is 73.4 Å². The van der Waals surface area contributed by atoms with E-state index in [0.717, 1.165) is 24.8 Å². The van der Waals surface area contributed by atoms with Gasteiger partial charge in [-0.2, -0.15) is 4.80 Å². The third kappa shape index (κ3) is 5.84. The molecule has 0 saturated heterocycles. The SMILES string of the molecule is CCc1cccc(CNC(=O)c2cc(-c3nnn(CC4CCC(C(=O)O)CC4)n3)cc(C)n2)c1. The van der Waals surface area contributed by atoms with E-state index in [2.05, 4.69) is 44.8 Å². The summed E-state index contributed by atoms with van der Waals surface area (Å²) in [5, 5.41) is 25.0. The van der Waals surface area contributed by atoms with Crippen molar-refractivity contribution in [3.63, 3.8) is 0 Å². The predicted molar refractivity (Wildman–Crippen MR) is 126 cm³/mol. The smallest absolute Gasteiger partial charge is 0.306 e. The molecular weight excluding hydrogens is 432 g/mol. The summed E-state index contributed by atoms with van der Waals surface area (Å²) in [5.41, 5.74) is 3.96. The number of rotatable bonds is 8. The number of carboxylic acid groups (broad SMARTS) is 1. The fourth-order valence-corrected chi connectivity index (χ4v) is 4.41. The number of aromatic nitrogens is 5. The summed E-state index contributed by atoms with van der Waals surface area (Å²) in [7, 11) is 0. The first-order valence-corrected chi connectivity index (χ1v) is 11.8. The highest BCUT2D eigenvalue weighted by Gasteiger charge is 2.26. The third-order valence-corrected chi connectivity index (χ3v) is 6.37. The first-order chi connectivity index (χ1) is 16.4. The molecule has 1 saturated carbocycles. The van der Waals surface area contributed by atoms with Gasteiger partial charge >= 0.3 is 5.97 Å². The van der Waals surface area contributed by atoms with E-state index in [4.69, 9.17) is 5.11 Å². The fourth-order valence-electron chi connectivity index (χ4n) is 4.41. The Morgan fingerprint density at radius 2 is 1.88 bits per heavy atom. The summed E-state index contributed by atoms with van der Waals surface area (Å²) >= 11 is 0. The number of hydrogen-bond donors (Lipinski definition) is 2. The standard InChI is InChI=1S/C25H30N6O3/c1-3-17-5-4-6-19(12-17)14-26-24(32)22-13-21(11-16(2)27-22)23-28-30-31(29-23)15-18-7-9-20(10-8-18)25(33)34/h4-6,11-13,18,20H,3,7-10,14-15H2,1-2H3,(H,26,32)(H,33,34). The average Bonchev–Trinajstić information content (AvgIpc) is 3.31. The Balaban J connectivity index is 1.40. The number of aliphatic carboxylic acids is 1. The van der Waals surface area contributed by atoms with E-state index in [1.807, 2.05) is 25.1 Å². The molecule has 9 heteroatoms. The molecule has 3 aromatic rings. The minimum Gasteiger partial charge on any atom is -0.481 e. The highest BCUT2D eigenvalue weighted by molar-refractivity contribution is 5.93. The number of nitrogens with zero attached hydrogens (tertiary/aromatic N) is 5. The van der Waals surface area contributed by atoms with Gasteiger partial charge < -0.3 is 10.4 Å². The lowest BCUT2D eigenvalue weighted by Crippen LogP contribution is -2.24. The Morgan fingerprint density at radius 3 is 2.62 bits per heavy atom. The van der Waals surface area contributed by atoms with Crippen LogP contribution in [0, 0.1) is 18.8 Å². The largest absolute Gasteiger partial charge is 0.481 e. The van der Waals surface area contributed by atoms with Crippen molar-refractivity contribution in [1.82, 2.24) is 30.5 Å². The van der Waals surface area contributed by atoms with Crippen molar-refractivity contribution in [3.8, 4) is 11.4 Å². The van der Waals surface area contributed by atoms with Gasteiger partial charge in [-0.15, -0.1) is 10.2 Å². The van der Waals surface area contributed by atoms with Gasteiger partial charge in [0.15, 0.2) is 0 Å². The number of carbonyl (C=O) groups is 2. The molecule has 4 rings (SSSR count). The van der Waals surface area contributed by atoms with Gasteiger partial charge in [-0.25, -0.2) is 4.98 Å². The summed E-state index contributed by atoms with van der Waals surface area (Å²) < 4.78 is 0. The molecule has 1 amide bonds. The average molecular weight is 463 g/mol. The molecule has 178 valence electrons. The second kappa shape index (κ2) is 10.5. The molecule has 1 aliphatic rings. The summed E-state index contributed by atoms with van der Waals surface area (Å²) in [4.78, 5) is 29.9. The maximum absolute atomic E-state index is 12.8. The van der Waals surface area contributed by atoms with E-state index in [1.165, 1.54) is 5.56 Å². The molecular formula is C25H30N6O3. The maximum atomic E-state index is 12.8. The van der Waals surface area contributed by atoms with Crippen molar-refractivity contribution < 1.29 is 14.7 Å². The van der Waals surface area contributed by atoms with Gasteiger partial charge in [0.25, 0.3) is 5.91 Å². The molecule has 0 radical (unpaired) electrons. The van der Waals surface area contributed by atoms with E-state index < -0.39 is 5.97 Å². The van der Waals surface area contributed by atoms with Gasteiger partial charge in [-0.1, -0.05) is 31.2 Å². The molecule has 9 nitrogen and oxygen atoms in total. The van der Waals surface area contributed by atoms with Crippen molar-refractivity contribution >= 4 is 11.9 Å². The molecule has 2 heterocycles. The van der Waals surface area contributed by atoms with Gasteiger partial charge in [0, 0.05) is 17.8 Å². The van der Waals surface area contributed by atoms with Crippen molar-refractivity contribution in [2.45, 2.75) is 59.0 Å². The Hall–Kier alpha value is -3.62. The molecule has 34 heavy (non-hydrogen) atoms. The quantitative estimate of drug-likeness (QED) is 0.526. The Bertz CT molecular complexity index is 1170. The number of pyridine rings is 1. The molecule has 1 aromatic carbocycles. The highest BCUT2D eigenvalue weighted by atomic mass is 16.4. The van der Waals surface area contributed by atoms with Gasteiger partial charge in [-0.3, -0.25) is 9.59 Å². The zero-order valence-corrected chi connectivity index (χ0v) is 19.6. The van der Waals surface area contributed by atoms with Gasteiger partial charge in [0.1, 0.15) is 5.69 Å². The normalized spacial score (nSPS) is 17.9. The minimum atomic E-state index is -0.706. The lowest BCUT2D eigenvalue weighted by Gasteiger charge is -2.25. The topological polar surface area (TPSA) is 123 Å². The lowest BCUT2D eigenvalue weighted by molar-refractivity contribution is -0.143. The number of carboxylic acids is 1. The number of amides is 1. The van der Waals surface area contributed by atoms with Crippen molar-refractivity contribution in [1.29, 1.82) is 0 Å². The highest BCUT2D eigenvalue weighted by Crippen LogP contribution is 2.29. The number of aryl methyl sites for hydroxylation is 2. The number of hydrogen-bond acceptors (Lipinski definition) is 6. The second-order valence-corrected chi connectivity index (χ2v) is 8.96. The Labute approximate surface area is 198 Å². The van der Waals surface area contributed by atoms with E-state index in [-0.39, 0.29) is 11.8 Å². The minimum absolute atomic E-state index is 0.240. The van der Waals surface area contributed by atoms with E-state index in [0.29, 0.717) is 54.6 Å². The zero-order chi connectivity index (χ0) is 24.1. The molecule has 0 unspecified atom stereocenters. The van der Waals surface area contributed by atoms with Crippen molar-refractivity contribution in [3.05, 3.63) is 58.9 Å². The molecule has 0 bridgehead atoms. The molecule has 1 fully saturated rings. The Kier molecular flexibility index (Phi) is 7.30. The Morgan fingerprint density at radius 1 is 1.12 bits per heavy atom. The number of nitrogens with one attached hydrogen (secondary N) is 1. The summed E-state index contributed by atoms with van der Waals surface area (Å²) in [6, 6.07) is 11.7. The van der Waals surface area contributed by atoms with Crippen LogP contribution in [0.25, 0.3) is 11.4 Å². The molecule has 2 N–H and O–H groups in total. The second-order valence-electron chi connectivity index (χ2n) is 8.96. The van der Waals surface area contributed by atoms with Crippen LogP contribution in [-0.2, 0) is 24.3 Å². The third-order valence-electron chi connectivity index (χ3n) is 6.37. The summed E-state index contributed by atoms with van der Waals surface area (Å²) in [6.07, 6.45) is 4.00. The van der Waals surface area contributed by atoms with Crippen LogP contribution < -0.4 is 5.32 Å². The van der Waals surface area contributed by atoms with Crippen LogP contribution in [0.1, 0.15) is 59.9 Å². The number of carbonyl (C=O) groups excluding carboxylic acids is 1. The van der Waals surface area contributed by atoms with Crippen LogP contribution >= 0.6 is 0 Å². The van der Waals surface area contributed by atoms with Crippen molar-refractivity contribution in [2.75, 3.05) is 0 Å². The van der Waals surface area contributed by atoms with Crippen LogP contribution in [-0.4, -0.2) is 42.2 Å². The fraction of sp³-hybridized carbons (Fsp3) is 0.440. The van der Waals surface area contributed by atoms with Crippen LogP contribution in [0.15, 0.2) is 36.4 Å². The van der Waals surface area contributed by atoms with Crippen molar-refractivity contribution in [2.24, 2.45) is 11.8 Å². The molecule has 0 aliphatic heterocycles. The van der Waals surface area contributed by atoms with Gasteiger partial charge in [0.2, 0.25) is 5.82 Å². The summed E-state index contributed by atoms with van der Waals surface area (Å²) in [5.74, 6) is -0.425. The van der Waals surface area contributed by atoms with E-state index >= 15 is 0 Å².